The van der Waals surface area contributed by atoms with E-state index >= 15 is 0 Å². The molecule has 0 aliphatic rings. The minimum atomic E-state index is 0.820. The molecule has 0 aliphatic carbocycles. The molecule has 64 valence electrons. The standard InChI is InChI=1S/C10H8N2O/c13-12-7-9-4-1-3-8-5-2-6-11-10(8)9/h1-7,13H/b12-7-. The van der Waals surface area contributed by atoms with Gasteiger partial charge in [-0.05, 0) is 6.07 Å². The third-order valence-electron chi connectivity index (χ3n) is 1.86. The second kappa shape index (κ2) is 3.23. The summed E-state index contributed by atoms with van der Waals surface area (Å²) in [5.74, 6) is 0. The average molecular weight is 172 g/mol. The Morgan fingerprint density at radius 1 is 1.23 bits per heavy atom. The van der Waals surface area contributed by atoms with Crippen molar-refractivity contribution in [3.05, 3.63) is 42.1 Å². The maximum absolute atomic E-state index is 8.42. The molecule has 1 aromatic heterocycles. The molecule has 0 saturated carbocycles. The van der Waals surface area contributed by atoms with Crippen LogP contribution < -0.4 is 0 Å². The topological polar surface area (TPSA) is 45.5 Å². The number of nitrogens with zero attached hydrogens (tertiary/aromatic N) is 2. The first-order valence-corrected chi connectivity index (χ1v) is 3.93. The lowest BCUT2D eigenvalue weighted by Gasteiger charge is -1.98. The molecule has 13 heavy (non-hydrogen) atoms. The summed E-state index contributed by atoms with van der Waals surface area (Å²) in [5.41, 5.74) is 1.67. The van der Waals surface area contributed by atoms with Crippen molar-refractivity contribution >= 4 is 17.1 Å². The van der Waals surface area contributed by atoms with Crippen LogP contribution >= 0.6 is 0 Å². The van der Waals surface area contributed by atoms with Gasteiger partial charge in [-0.2, -0.15) is 0 Å². The van der Waals surface area contributed by atoms with E-state index in [1.165, 1.54) is 6.21 Å². The van der Waals surface area contributed by atoms with Crippen molar-refractivity contribution in [1.82, 2.24) is 4.98 Å². The number of rotatable bonds is 1. The van der Waals surface area contributed by atoms with Gasteiger partial charge in [0.05, 0.1) is 11.7 Å². The molecule has 0 aliphatic heterocycles. The van der Waals surface area contributed by atoms with Crippen molar-refractivity contribution in [2.45, 2.75) is 0 Å². The summed E-state index contributed by atoms with van der Waals surface area (Å²) < 4.78 is 0. The second-order valence-electron chi connectivity index (χ2n) is 2.67. The summed E-state index contributed by atoms with van der Waals surface area (Å²) in [6, 6.07) is 9.58. The Morgan fingerprint density at radius 2 is 2.08 bits per heavy atom. The van der Waals surface area contributed by atoms with Gasteiger partial charge in [-0.1, -0.05) is 29.4 Å². The maximum atomic E-state index is 8.42. The van der Waals surface area contributed by atoms with Gasteiger partial charge in [0.25, 0.3) is 0 Å². The molecule has 3 heteroatoms. The molecule has 0 saturated heterocycles. The summed E-state index contributed by atoms with van der Waals surface area (Å²) in [5, 5.41) is 12.5. The van der Waals surface area contributed by atoms with Crippen LogP contribution in [0.5, 0.6) is 0 Å². The summed E-state index contributed by atoms with van der Waals surface area (Å²) in [7, 11) is 0. The van der Waals surface area contributed by atoms with Crippen molar-refractivity contribution in [2.24, 2.45) is 5.16 Å². The first-order valence-electron chi connectivity index (χ1n) is 3.93. The number of oxime groups is 1. The third kappa shape index (κ3) is 1.36. The van der Waals surface area contributed by atoms with Gasteiger partial charge in [-0.25, -0.2) is 0 Å². The van der Waals surface area contributed by atoms with Gasteiger partial charge < -0.3 is 5.21 Å². The maximum Gasteiger partial charge on any atom is 0.0790 e. The van der Waals surface area contributed by atoms with Crippen molar-refractivity contribution < 1.29 is 5.21 Å². The Balaban J connectivity index is 2.75. The van der Waals surface area contributed by atoms with Crippen LogP contribution in [-0.4, -0.2) is 16.4 Å². The lowest BCUT2D eigenvalue weighted by molar-refractivity contribution is 0.322. The van der Waals surface area contributed by atoms with Crippen molar-refractivity contribution in [2.75, 3.05) is 0 Å². The lowest BCUT2D eigenvalue weighted by atomic mass is 10.1. The van der Waals surface area contributed by atoms with E-state index in [-0.39, 0.29) is 0 Å². The monoisotopic (exact) mass is 172 g/mol. The molecule has 1 aromatic carbocycles. The van der Waals surface area contributed by atoms with Crippen LogP contribution in [0, 0.1) is 0 Å². The lowest BCUT2D eigenvalue weighted by Crippen LogP contribution is -1.86. The van der Waals surface area contributed by atoms with E-state index in [0.29, 0.717) is 0 Å². The summed E-state index contributed by atoms with van der Waals surface area (Å²) in [4.78, 5) is 4.20. The number of para-hydroxylation sites is 1. The number of pyridine rings is 1. The van der Waals surface area contributed by atoms with E-state index in [2.05, 4.69) is 10.1 Å². The number of aromatic nitrogens is 1. The number of hydrogen-bond acceptors (Lipinski definition) is 3. The molecule has 2 aromatic rings. The molecule has 0 fully saturated rings. The molecule has 1 heterocycles. The van der Waals surface area contributed by atoms with E-state index in [9.17, 15) is 0 Å². The molecule has 0 unspecified atom stereocenters. The molecule has 2 rings (SSSR count). The first-order chi connectivity index (χ1) is 6.42. The average Bonchev–Trinajstić information content (AvgIpc) is 2.19. The molecule has 0 amide bonds. The highest BCUT2D eigenvalue weighted by Gasteiger charge is 1.97. The summed E-state index contributed by atoms with van der Waals surface area (Å²) >= 11 is 0. The normalized spacial score (nSPS) is 11.1. The molecular formula is C10H8N2O. The Morgan fingerprint density at radius 3 is 2.92 bits per heavy atom. The van der Waals surface area contributed by atoms with Gasteiger partial charge in [0.1, 0.15) is 0 Å². The molecular weight excluding hydrogens is 164 g/mol. The first kappa shape index (κ1) is 7.73. The molecule has 0 radical (unpaired) electrons. The fourth-order valence-corrected chi connectivity index (χ4v) is 1.29. The second-order valence-corrected chi connectivity index (χ2v) is 2.67. The summed E-state index contributed by atoms with van der Waals surface area (Å²) in [6.07, 6.45) is 3.10. The highest BCUT2D eigenvalue weighted by Crippen LogP contribution is 2.13. The third-order valence-corrected chi connectivity index (χ3v) is 1.86. The summed E-state index contributed by atoms with van der Waals surface area (Å²) in [6.45, 7) is 0. The fourth-order valence-electron chi connectivity index (χ4n) is 1.29. The van der Waals surface area contributed by atoms with Gasteiger partial charge in [0.15, 0.2) is 0 Å². The highest BCUT2D eigenvalue weighted by molar-refractivity contribution is 5.96. The van der Waals surface area contributed by atoms with Crippen LogP contribution in [0.15, 0.2) is 41.7 Å². The zero-order valence-corrected chi connectivity index (χ0v) is 6.88. The molecule has 0 atom stereocenters. The SMILES string of the molecule is O/N=C\c1cccc2cccnc12. The number of hydrogen-bond donors (Lipinski definition) is 1. The van der Waals surface area contributed by atoms with E-state index in [0.717, 1.165) is 16.5 Å². The van der Waals surface area contributed by atoms with E-state index in [1.54, 1.807) is 6.20 Å². The van der Waals surface area contributed by atoms with Gasteiger partial charge in [-0.15, -0.1) is 0 Å². The van der Waals surface area contributed by atoms with Crippen LogP contribution in [-0.2, 0) is 0 Å². The predicted octanol–water partition coefficient (Wildman–Crippen LogP) is 2.04. The minimum Gasteiger partial charge on any atom is -0.411 e. The van der Waals surface area contributed by atoms with Crippen molar-refractivity contribution in [3.63, 3.8) is 0 Å². The van der Waals surface area contributed by atoms with Crippen LogP contribution in [0.1, 0.15) is 5.56 Å². The Labute approximate surface area is 75.3 Å². The fraction of sp³-hybridized carbons (Fsp3) is 0. The predicted molar refractivity (Wildman–Crippen MR) is 51.1 cm³/mol. The van der Waals surface area contributed by atoms with Gasteiger partial charge >= 0.3 is 0 Å². The van der Waals surface area contributed by atoms with Crippen molar-refractivity contribution in [3.8, 4) is 0 Å². The Kier molecular flexibility index (Phi) is 1.92. The molecule has 0 bridgehead atoms. The Bertz CT molecular complexity index is 446. The van der Waals surface area contributed by atoms with Gasteiger partial charge in [0.2, 0.25) is 0 Å². The highest BCUT2D eigenvalue weighted by atomic mass is 16.4. The largest absolute Gasteiger partial charge is 0.411 e. The van der Waals surface area contributed by atoms with Gasteiger partial charge in [-0.3, -0.25) is 4.98 Å². The van der Waals surface area contributed by atoms with Crippen LogP contribution in [0.2, 0.25) is 0 Å². The van der Waals surface area contributed by atoms with E-state index in [1.807, 2.05) is 30.3 Å². The zero-order chi connectivity index (χ0) is 9.10. The molecule has 0 spiro atoms. The minimum absolute atomic E-state index is 0.820. The van der Waals surface area contributed by atoms with Crippen LogP contribution in [0.3, 0.4) is 0 Å². The number of benzene rings is 1. The van der Waals surface area contributed by atoms with E-state index in [4.69, 9.17) is 5.21 Å². The van der Waals surface area contributed by atoms with Crippen LogP contribution in [0.25, 0.3) is 10.9 Å². The van der Waals surface area contributed by atoms with Crippen molar-refractivity contribution in [1.29, 1.82) is 0 Å². The van der Waals surface area contributed by atoms with E-state index < -0.39 is 0 Å². The molecule has 3 nitrogen and oxygen atoms in total. The van der Waals surface area contributed by atoms with Gasteiger partial charge in [0, 0.05) is 17.1 Å². The molecule has 1 N–H and O–H groups in total. The van der Waals surface area contributed by atoms with Crippen LogP contribution in [0.4, 0.5) is 0 Å². The smallest absolute Gasteiger partial charge is 0.0790 e. The Hall–Kier alpha value is -1.90. The zero-order valence-electron chi connectivity index (χ0n) is 6.88. The number of fused-ring (bicyclic) bond motifs is 1. The quantitative estimate of drug-likeness (QED) is 0.406.